The molecule has 1 saturated heterocycles. The Kier molecular flexibility index (Phi) is 4.48. The SMILES string of the molecule is NC(=S)c1ccc(NC(=O)C2CCCS2)c(Cl)c1. The zero-order chi connectivity index (χ0) is 13.1. The Balaban J connectivity index is 2.09. The van der Waals surface area contributed by atoms with E-state index in [9.17, 15) is 4.79 Å². The van der Waals surface area contributed by atoms with E-state index in [1.54, 1.807) is 30.0 Å². The van der Waals surface area contributed by atoms with Crippen molar-refractivity contribution in [2.75, 3.05) is 11.1 Å². The predicted octanol–water partition coefficient (Wildman–Crippen LogP) is 2.81. The smallest absolute Gasteiger partial charge is 0.237 e. The van der Waals surface area contributed by atoms with Gasteiger partial charge in [0.1, 0.15) is 4.99 Å². The molecule has 3 nitrogen and oxygen atoms in total. The highest BCUT2D eigenvalue weighted by atomic mass is 35.5. The van der Waals surface area contributed by atoms with Crippen molar-refractivity contribution in [3.8, 4) is 0 Å². The van der Waals surface area contributed by atoms with Crippen molar-refractivity contribution >= 4 is 52.2 Å². The molecule has 1 fully saturated rings. The molecule has 1 aromatic carbocycles. The van der Waals surface area contributed by atoms with Crippen LogP contribution in [-0.4, -0.2) is 21.9 Å². The normalized spacial score (nSPS) is 18.6. The molecular formula is C12H13ClN2OS2. The fraction of sp³-hybridized carbons (Fsp3) is 0.333. The number of nitrogens with one attached hydrogen (secondary N) is 1. The number of halogens is 1. The molecule has 3 N–H and O–H groups in total. The van der Waals surface area contributed by atoms with Crippen LogP contribution in [0.5, 0.6) is 0 Å². The Morgan fingerprint density at radius 3 is 2.89 bits per heavy atom. The minimum Gasteiger partial charge on any atom is -0.389 e. The van der Waals surface area contributed by atoms with Crippen molar-refractivity contribution in [3.05, 3.63) is 28.8 Å². The summed E-state index contributed by atoms with van der Waals surface area (Å²) in [6, 6.07) is 5.15. The standard InChI is InChI=1S/C12H13ClN2OS2/c13-8-6-7(11(14)17)3-4-9(8)15-12(16)10-2-1-5-18-10/h3-4,6,10H,1-2,5H2,(H2,14,17)(H,15,16). The highest BCUT2D eigenvalue weighted by Gasteiger charge is 2.23. The molecule has 96 valence electrons. The molecule has 0 bridgehead atoms. The van der Waals surface area contributed by atoms with E-state index in [4.69, 9.17) is 29.6 Å². The van der Waals surface area contributed by atoms with Gasteiger partial charge in [0.15, 0.2) is 0 Å². The molecule has 1 amide bonds. The Labute approximate surface area is 120 Å². The van der Waals surface area contributed by atoms with Crippen molar-refractivity contribution in [3.63, 3.8) is 0 Å². The van der Waals surface area contributed by atoms with Gasteiger partial charge < -0.3 is 11.1 Å². The van der Waals surface area contributed by atoms with E-state index < -0.39 is 0 Å². The number of anilines is 1. The molecule has 18 heavy (non-hydrogen) atoms. The third-order valence-corrected chi connectivity index (χ3v) is 4.66. The molecule has 1 aliphatic heterocycles. The zero-order valence-corrected chi connectivity index (χ0v) is 12.0. The first-order valence-electron chi connectivity index (χ1n) is 5.60. The van der Waals surface area contributed by atoms with Gasteiger partial charge in [0.25, 0.3) is 0 Å². The second-order valence-corrected chi connectivity index (χ2v) is 6.21. The summed E-state index contributed by atoms with van der Waals surface area (Å²) >= 11 is 12.6. The van der Waals surface area contributed by atoms with E-state index in [-0.39, 0.29) is 11.2 Å². The Morgan fingerprint density at radius 2 is 2.33 bits per heavy atom. The molecule has 0 radical (unpaired) electrons. The van der Waals surface area contributed by atoms with Crippen LogP contribution in [0, 0.1) is 0 Å². The summed E-state index contributed by atoms with van der Waals surface area (Å²) in [5.41, 5.74) is 6.82. The lowest BCUT2D eigenvalue weighted by Gasteiger charge is -2.11. The van der Waals surface area contributed by atoms with E-state index >= 15 is 0 Å². The highest BCUT2D eigenvalue weighted by molar-refractivity contribution is 8.00. The van der Waals surface area contributed by atoms with E-state index in [2.05, 4.69) is 5.32 Å². The van der Waals surface area contributed by atoms with Gasteiger partial charge in [-0.05, 0) is 36.8 Å². The average molecular weight is 301 g/mol. The number of hydrogen-bond donors (Lipinski definition) is 2. The summed E-state index contributed by atoms with van der Waals surface area (Å²) in [6.45, 7) is 0. The van der Waals surface area contributed by atoms with Crippen LogP contribution < -0.4 is 11.1 Å². The second kappa shape index (κ2) is 5.91. The van der Waals surface area contributed by atoms with E-state index in [0.717, 1.165) is 18.6 Å². The summed E-state index contributed by atoms with van der Waals surface area (Å²) in [6.07, 6.45) is 2.02. The van der Waals surface area contributed by atoms with E-state index in [0.29, 0.717) is 21.3 Å². The fourth-order valence-electron chi connectivity index (χ4n) is 1.77. The number of hydrogen-bond acceptors (Lipinski definition) is 3. The van der Waals surface area contributed by atoms with Crippen molar-refractivity contribution in [2.45, 2.75) is 18.1 Å². The third kappa shape index (κ3) is 3.16. The van der Waals surface area contributed by atoms with Gasteiger partial charge in [-0.15, -0.1) is 11.8 Å². The van der Waals surface area contributed by atoms with Gasteiger partial charge in [-0.25, -0.2) is 0 Å². The van der Waals surface area contributed by atoms with Crippen LogP contribution in [0.2, 0.25) is 5.02 Å². The quantitative estimate of drug-likeness (QED) is 0.843. The number of benzene rings is 1. The summed E-state index contributed by atoms with van der Waals surface area (Å²) in [5, 5.41) is 3.34. The number of carbonyl (C=O) groups excluding carboxylic acids is 1. The van der Waals surface area contributed by atoms with Crippen LogP contribution in [-0.2, 0) is 4.79 Å². The van der Waals surface area contributed by atoms with E-state index in [1.165, 1.54) is 0 Å². The van der Waals surface area contributed by atoms with Crippen molar-refractivity contribution < 1.29 is 4.79 Å². The molecule has 6 heteroatoms. The van der Waals surface area contributed by atoms with Crippen molar-refractivity contribution in [2.24, 2.45) is 5.73 Å². The second-order valence-electron chi connectivity index (χ2n) is 4.05. The zero-order valence-electron chi connectivity index (χ0n) is 9.61. The Morgan fingerprint density at radius 1 is 1.56 bits per heavy atom. The van der Waals surface area contributed by atoms with Gasteiger partial charge in [-0.3, -0.25) is 4.79 Å². The van der Waals surface area contributed by atoms with Crippen molar-refractivity contribution in [1.82, 2.24) is 0 Å². The number of rotatable bonds is 3. The maximum atomic E-state index is 11.9. The monoisotopic (exact) mass is 300 g/mol. The molecule has 1 atom stereocenters. The summed E-state index contributed by atoms with van der Waals surface area (Å²) in [5.74, 6) is 1.06. The van der Waals surface area contributed by atoms with Crippen molar-refractivity contribution in [1.29, 1.82) is 0 Å². The van der Waals surface area contributed by atoms with Crippen LogP contribution in [0.15, 0.2) is 18.2 Å². The fourth-order valence-corrected chi connectivity index (χ4v) is 3.28. The van der Waals surface area contributed by atoms with E-state index in [1.807, 2.05) is 0 Å². The van der Waals surface area contributed by atoms with Crippen LogP contribution in [0.4, 0.5) is 5.69 Å². The average Bonchev–Trinajstić information content (AvgIpc) is 2.85. The largest absolute Gasteiger partial charge is 0.389 e. The molecular weight excluding hydrogens is 288 g/mol. The Bertz CT molecular complexity index is 487. The van der Waals surface area contributed by atoms with Crippen LogP contribution in [0.3, 0.4) is 0 Å². The maximum absolute atomic E-state index is 11.9. The predicted molar refractivity (Wildman–Crippen MR) is 81.4 cm³/mol. The van der Waals surface area contributed by atoms with Crippen LogP contribution in [0.25, 0.3) is 0 Å². The molecule has 0 saturated carbocycles. The maximum Gasteiger partial charge on any atom is 0.237 e. The van der Waals surface area contributed by atoms with Crippen LogP contribution >= 0.6 is 35.6 Å². The number of carbonyl (C=O) groups is 1. The van der Waals surface area contributed by atoms with Gasteiger partial charge in [0.05, 0.1) is 16.0 Å². The first-order chi connectivity index (χ1) is 8.58. The lowest BCUT2D eigenvalue weighted by Crippen LogP contribution is -2.23. The topological polar surface area (TPSA) is 55.1 Å². The first-order valence-corrected chi connectivity index (χ1v) is 7.43. The summed E-state index contributed by atoms with van der Waals surface area (Å²) in [7, 11) is 0. The summed E-state index contributed by atoms with van der Waals surface area (Å²) < 4.78 is 0. The molecule has 1 unspecified atom stereocenters. The lowest BCUT2D eigenvalue weighted by atomic mass is 10.2. The molecule has 1 aromatic rings. The molecule has 2 rings (SSSR count). The minimum atomic E-state index is 0.0162. The molecule has 1 aliphatic rings. The van der Waals surface area contributed by atoms with Gasteiger partial charge >= 0.3 is 0 Å². The summed E-state index contributed by atoms with van der Waals surface area (Å²) in [4.78, 5) is 12.2. The molecule has 0 spiro atoms. The van der Waals surface area contributed by atoms with Gasteiger partial charge in [0, 0.05) is 5.56 Å². The molecule has 1 heterocycles. The molecule has 0 aliphatic carbocycles. The third-order valence-electron chi connectivity index (χ3n) is 2.73. The minimum absolute atomic E-state index is 0.0162. The number of thioether (sulfide) groups is 1. The Hall–Kier alpha value is -0.780. The van der Waals surface area contributed by atoms with Gasteiger partial charge in [0.2, 0.25) is 5.91 Å². The molecule has 0 aromatic heterocycles. The first kappa shape index (κ1) is 13.6. The number of thiocarbonyl (C=S) groups is 1. The highest BCUT2D eigenvalue weighted by Crippen LogP contribution is 2.29. The number of nitrogens with two attached hydrogens (primary N) is 1. The van der Waals surface area contributed by atoms with Gasteiger partial charge in [-0.1, -0.05) is 23.8 Å². The lowest BCUT2D eigenvalue weighted by molar-refractivity contribution is -0.115. The van der Waals surface area contributed by atoms with Gasteiger partial charge in [-0.2, -0.15) is 0 Å². The van der Waals surface area contributed by atoms with Crippen LogP contribution in [0.1, 0.15) is 18.4 Å². The number of amides is 1.